The van der Waals surface area contributed by atoms with Gasteiger partial charge in [0.05, 0.1) is 11.9 Å². The Hall–Kier alpha value is -2.69. The van der Waals surface area contributed by atoms with Crippen LogP contribution in [0.2, 0.25) is 0 Å². The smallest absolute Gasteiger partial charge is 0.244 e. The number of nitrogens with one attached hydrogen (secondary N) is 1. The molecule has 0 bridgehead atoms. The van der Waals surface area contributed by atoms with Gasteiger partial charge in [-0.15, -0.1) is 0 Å². The second-order valence-corrected chi connectivity index (χ2v) is 14.6. The number of aryl methyl sites for hydroxylation is 1. The summed E-state index contributed by atoms with van der Waals surface area (Å²) in [6.07, 6.45) is 6.50. The van der Waals surface area contributed by atoms with Crippen molar-refractivity contribution < 1.29 is 18.0 Å². The Kier molecular flexibility index (Phi) is 11.3. The molecule has 1 unspecified atom stereocenters. The number of amides is 2. The summed E-state index contributed by atoms with van der Waals surface area (Å²) in [5.41, 5.74) is 2.98. The minimum absolute atomic E-state index is 0.0624. The molecule has 224 valence electrons. The molecule has 4 rings (SSSR count). The van der Waals surface area contributed by atoms with E-state index in [1.165, 1.54) is 4.90 Å². The van der Waals surface area contributed by atoms with Gasteiger partial charge < -0.3 is 10.2 Å². The number of benzene rings is 3. The third-order valence-electron chi connectivity index (χ3n) is 7.60. The lowest BCUT2D eigenvalue weighted by Crippen LogP contribution is -2.55. The van der Waals surface area contributed by atoms with Crippen LogP contribution in [0.1, 0.15) is 48.8 Å². The highest BCUT2D eigenvalue weighted by Gasteiger charge is 2.34. The highest BCUT2D eigenvalue weighted by atomic mass is 79.9. The predicted octanol–water partition coefficient (Wildman–Crippen LogP) is 6.38. The molecular formula is C32H37Br2N3O4S. The Labute approximate surface area is 266 Å². The Morgan fingerprint density at radius 3 is 2.21 bits per heavy atom. The molecule has 0 radical (unpaired) electrons. The Morgan fingerprint density at radius 1 is 0.929 bits per heavy atom. The Morgan fingerprint density at radius 2 is 1.60 bits per heavy atom. The molecule has 2 amide bonds. The van der Waals surface area contributed by atoms with Crippen molar-refractivity contribution in [3.05, 3.63) is 98.4 Å². The highest BCUT2D eigenvalue weighted by molar-refractivity contribution is 9.10. The van der Waals surface area contributed by atoms with E-state index in [4.69, 9.17) is 0 Å². The van der Waals surface area contributed by atoms with E-state index in [1.54, 1.807) is 18.2 Å². The van der Waals surface area contributed by atoms with Crippen LogP contribution < -0.4 is 9.62 Å². The molecule has 1 saturated carbocycles. The largest absolute Gasteiger partial charge is 0.352 e. The van der Waals surface area contributed by atoms with E-state index in [2.05, 4.69) is 37.2 Å². The average molecular weight is 720 g/mol. The van der Waals surface area contributed by atoms with Crippen LogP contribution in [0.5, 0.6) is 0 Å². The molecule has 10 heteroatoms. The molecule has 1 fully saturated rings. The highest BCUT2D eigenvalue weighted by Crippen LogP contribution is 2.26. The zero-order chi connectivity index (χ0) is 30.3. The fraction of sp³-hybridized carbons (Fsp3) is 0.375. The van der Waals surface area contributed by atoms with Gasteiger partial charge in [0.1, 0.15) is 12.6 Å². The summed E-state index contributed by atoms with van der Waals surface area (Å²) >= 11 is 6.92. The molecule has 3 aromatic rings. The number of nitrogens with zero attached hydrogens (tertiary/aromatic N) is 2. The van der Waals surface area contributed by atoms with Gasteiger partial charge in [-0.25, -0.2) is 8.42 Å². The van der Waals surface area contributed by atoms with E-state index in [0.29, 0.717) is 12.1 Å². The van der Waals surface area contributed by atoms with Crippen LogP contribution >= 0.6 is 31.9 Å². The molecule has 0 spiro atoms. The summed E-state index contributed by atoms with van der Waals surface area (Å²) in [5.74, 6) is -0.676. The summed E-state index contributed by atoms with van der Waals surface area (Å²) in [6.45, 7) is 1.58. The van der Waals surface area contributed by atoms with Crippen LogP contribution in [0.3, 0.4) is 0 Å². The third-order valence-corrected chi connectivity index (χ3v) is 10.2. The topological polar surface area (TPSA) is 86.8 Å². The van der Waals surface area contributed by atoms with Gasteiger partial charge in [-0.3, -0.25) is 13.9 Å². The van der Waals surface area contributed by atoms with Gasteiger partial charge in [0.15, 0.2) is 0 Å². The second-order valence-electron chi connectivity index (χ2n) is 10.9. The molecule has 1 N–H and O–H groups in total. The lowest BCUT2D eigenvalue weighted by atomic mass is 9.94. The van der Waals surface area contributed by atoms with E-state index in [1.807, 2.05) is 61.5 Å². The van der Waals surface area contributed by atoms with Gasteiger partial charge in [-0.1, -0.05) is 93.6 Å². The number of anilines is 1. The van der Waals surface area contributed by atoms with Crippen molar-refractivity contribution in [3.63, 3.8) is 0 Å². The van der Waals surface area contributed by atoms with Crippen LogP contribution in [0, 0.1) is 6.92 Å². The quantitative estimate of drug-likeness (QED) is 0.250. The maximum Gasteiger partial charge on any atom is 0.244 e. The van der Waals surface area contributed by atoms with Crippen LogP contribution in [-0.4, -0.2) is 50.0 Å². The molecule has 0 aromatic heterocycles. The second kappa shape index (κ2) is 14.7. The van der Waals surface area contributed by atoms with E-state index >= 15 is 0 Å². The number of rotatable bonds is 11. The fourth-order valence-corrected chi connectivity index (χ4v) is 6.63. The third kappa shape index (κ3) is 8.91. The zero-order valence-electron chi connectivity index (χ0n) is 23.9. The molecule has 7 nitrogen and oxygen atoms in total. The SMILES string of the molecule is Cc1cc(N(CC(=O)N(Cc2ccc(Br)cc2)C(Cc2ccccc2)C(=O)NC2CCCCC2)S(C)(=O)=O)ccc1Br. The van der Waals surface area contributed by atoms with Crippen LogP contribution in [0.4, 0.5) is 5.69 Å². The number of sulfonamides is 1. The molecule has 3 aromatic carbocycles. The molecule has 1 atom stereocenters. The van der Waals surface area contributed by atoms with Crippen LogP contribution in [0.25, 0.3) is 0 Å². The van der Waals surface area contributed by atoms with Crippen molar-refractivity contribution >= 4 is 59.4 Å². The molecule has 1 aliphatic carbocycles. The van der Waals surface area contributed by atoms with Crippen LogP contribution in [0.15, 0.2) is 81.7 Å². The van der Waals surface area contributed by atoms with Crippen molar-refractivity contribution in [2.75, 3.05) is 17.1 Å². The van der Waals surface area contributed by atoms with Gasteiger partial charge >= 0.3 is 0 Å². The lowest BCUT2D eigenvalue weighted by Gasteiger charge is -2.35. The summed E-state index contributed by atoms with van der Waals surface area (Å²) < 4.78 is 28.8. The first-order valence-corrected chi connectivity index (χ1v) is 17.6. The monoisotopic (exact) mass is 717 g/mol. The Bertz CT molecular complexity index is 1480. The van der Waals surface area contributed by atoms with Crippen molar-refractivity contribution in [2.24, 2.45) is 0 Å². The lowest BCUT2D eigenvalue weighted by molar-refractivity contribution is -0.140. The van der Waals surface area contributed by atoms with E-state index in [9.17, 15) is 18.0 Å². The number of hydrogen-bond donors (Lipinski definition) is 1. The van der Waals surface area contributed by atoms with Crippen molar-refractivity contribution in [2.45, 2.75) is 64.1 Å². The normalized spacial score (nSPS) is 14.7. The molecular weight excluding hydrogens is 682 g/mol. The first kappa shape index (κ1) is 32.2. The zero-order valence-corrected chi connectivity index (χ0v) is 27.9. The van der Waals surface area contributed by atoms with E-state index < -0.39 is 28.5 Å². The standard InChI is InChI=1S/C32H37Br2N3O4S/c1-23-19-28(17-18-29(23)34)37(42(2,40)41)22-31(38)36(21-25-13-15-26(33)16-14-25)30(20-24-9-5-3-6-10-24)32(39)35-27-11-7-4-8-12-27/h3,5-6,9-10,13-19,27,30H,4,7-8,11-12,20-22H2,1-2H3,(H,35,39). The minimum Gasteiger partial charge on any atom is -0.352 e. The number of carbonyl (C=O) groups is 2. The van der Waals surface area contributed by atoms with Crippen LogP contribution in [-0.2, 0) is 32.6 Å². The van der Waals surface area contributed by atoms with Crippen molar-refractivity contribution in [1.29, 1.82) is 0 Å². The molecule has 42 heavy (non-hydrogen) atoms. The summed E-state index contributed by atoms with van der Waals surface area (Å²) in [6, 6.07) is 21.6. The minimum atomic E-state index is -3.82. The van der Waals surface area contributed by atoms with E-state index in [-0.39, 0.29) is 18.5 Å². The summed E-state index contributed by atoms with van der Waals surface area (Å²) in [7, 11) is -3.82. The van der Waals surface area contributed by atoms with Gasteiger partial charge in [0.25, 0.3) is 0 Å². The maximum absolute atomic E-state index is 14.2. The van der Waals surface area contributed by atoms with Gasteiger partial charge in [0.2, 0.25) is 21.8 Å². The summed E-state index contributed by atoms with van der Waals surface area (Å²) in [5, 5.41) is 3.22. The molecule has 0 aliphatic heterocycles. The summed E-state index contributed by atoms with van der Waals surface area (Å²) in [4.78, 5) is 29.8. The fourth-order valence-electron chi connectivity index (χ4n) is 5.28. The number of carbonyl (C=O) groups excluding carboxylic acids is 2. The van der Waals surface area contributed by atoms with Crippen molar-refractivity contribution in [1.82, 2.24) is 10.2 Å². The average Bonchev–Trinajstić information content (AvgIpc) is 2.96. The number of hydrogen-bond acceptors (Lipinski definition) is 4. The molecule has 0 heterocycles. The van der Waals surface area contributed by atoms with E-state index in [0.717, 1.165) is 68.3 Å². The van der Waals surface area contributed by atoms with Gasteiger partial charge in [-0.2, -0.15) is 0 Å². The van der Waals surface area contributed by atoms with Gasteiger partial charge in [-0.05, 0) is 66.8 Å². The molecule has 1 aliphatic rings. The predicted molar refractivity (Wildman–Crippen MR) is 175 cm³/mol. The van der Waals surface area contributed by atoms with Crippen molar-refractivity contribution in [3.8, 4) is 0 Å². The number of halogens is 2. The maximum atomic E-state index is 14.2. The van der Waals surface area contributed by atoms with Gasteiger partial charge in [0, 0.05) is 28.0 Å². The first-order valence-electron chi connectivity index (χ1n) is 14.1. The first-order chi connectivity index (χ1) is 20.0. The Balaban J connectivity index is 1.72. The molecule has 0 saturated heterocycles.